The lowest BCUT2D eigenvalue weighted by Crippen LogP contribution is -2.35. The fourth-order valence-electron chi connectivity index (χ4n) is 1.70. The van der Waals surface area contributed by atoms with Crippen LogP contribution in [0.5, 0.6) is 0 Å². The van der Waals surface area contributed by atoms with Crippen molar-refractivity contribution in [3.05, 3.63) is 0 Å². The van der Waals surface area contributed by atoms with Crippen molar-refractivity contribution in [2.24, 2.45) is 5.92 Å². The first-order valence-corrected chi connectivity index (χ1v) is 5.59. The number of amides is 1. The van der Waals surface area contributed by atoms with E-state index in [1.165, 1.54) is 12.8 Å². The van der Waals surface area contributed by atoms with Crippen LogP contribution in [0.15, 0.2) is 0 Å². The molecule has 1 unspecified atom stereocenters. The summed E-state index contributed by atoms with van der Waals surface area (Å²) in [5.41, 5.74) is 0. The molecule has 14 heavy (non-hydrogen) atoms. The molecular weight excluding hydrogens is 176 g/mol. The molecule has 0 aromatic carbocycles. The van der Waals surface area contributed by atoms with Gasteiger partial charge in [-0.15, -0.1) is 0 Å². The number of hydrogen-bond acceptors (Lipinski definition) is 2. The Bertz CT molecular complexity index is 155. The zero-order chi connectivity index (χ0) is 11.0. The number of hydrogen-bond donors (Lipinski definition) is 2. The monoisotopic (exact) mass is 200 g/mol. The third-order valence-electron chi connectivity index (χ3n) is 2.85. The van der Waals surface area contributed by atoms with Gasteiger partial charge in [-0.2, -0.15) is 0 Å². The lowest BCUT2D eigenvalue weighted by molar-refractivity contribution is -0.120. The lowest BCUT2D eigenvalue weighted by Gasteiger charge is -2.22. The first-order valence-electron chi connectivity index (χ1n) is 5.59. The van der Waals surface area contributed by atoms with Crippen molar-refractivity contribution < 1.29 is 4.79 Å². The van der Waals surface area contributed by atoms with Gasteiger partial charge < -0.3 is 10.6 Å². The predicted octanol–water partition coefficient (Wildman–Crippen LogP) is 1.54. The second kappa shape index (κ2) is 7.80. The predicted molar refractivity (Wildman–Crippen MR) is 60.2 cm³/mol. The highest BCUT2D eigenvalue weighted by Gasteiger charge is 2.12. The van der Waals surface area contributed by atoms with Crippen LogP contribution in [0.2, 0.25) is 0 Å². The summed E-state index contributed by atoms with van der Waals surface area (Å²) < 4.78 is 0. The first-order chi connectivity index (χ1) is 6.65. The van der Waals surface area contributed by atoms with E-state index in [1.807, 2.05) is 0 Å². The van der Waals surface area contributed by atoms with Crippen LogP contribution in [0, 0.1) is 5.92 Å². The molecule has 3 nitrogen and oxygen atoms in total. The van der Waals surface area contributed by atoms with Crippen LogP contribution in [0.3, 0.4) is 0 Å². The Kier molecular flexibility index (Phi) is 7.48. The molecule has 0 saturated heterocycles. The molecule has 0 aliphatic rings. The maximum Gasteiger partial charge on any atom is 0.221 e. The van der Waals surface area contributed by atoms with Crippen molar-refractivity contribution >= 4 is 5.91 Å². The Morgan fingerprint density at radius 1 is 1.29 bits per heavy atom. The second-order valence-corrected chi connectivity index (χ2v) is 3.74. The largest absolute Gasteiger partial charge is 0.359 e. The van der Waals surface area contributed by atoms with E-state index < -0.39 is 0 Å². The zero-order valence-electron chi connectivity index (χ0n) is 9.89. The van der Waals surface area contributed by atoms with Crippen LogP contribution in [-0.4, -0.2) is 25.5 Å². The van der Waals surface area contributed by atoms with E-state index in [0.717, 1.165) is 12.5 Å². The molecule has 1 amide bonds. The quantitative estimate of drug-likeness (QED) is 0.654. The van der Waals surface area contributed by atoms with Gasteiger partial charge in [-0.3, -0.25) is 4.79 Å². The molecule has 0 aliphatic heterocycles. The van der Waals surface area contributed by atoms with Gasteiger partial charge in [0, 0.05) is 26.1 Å². The van der Waals surface area contributed by atoms with Crippen molar-refractivity contribution in [1.29, 1.82) is 0 Å². The maximum atomic E-state index is 11.0. The molecule has 0 fully saturated rings. The SMILES string of the molecule is CCC(CC)C(C)NCCC(=O)NC. The van der Waals surface area contributed by atoms with E-state index >= 15 is 0 Å². The smallest absolute Gasteiger partial charge is 0.221 e. The Balaban J connectivity index is 3.61. The third-order valence-corrected chi connectivity index (χ3v) is 2.85. The topological polar surface area (TPSA) is 41.1 Å². The summed E-state index contributed by atoms with van der Waals surface area (Å²) in [5, 5.41) is 6.01. The average Bonchev–Trinajstić information content (AvgIpc) is 2.19. The molecule has 0 spiro atoms. The average molecular weight is 200 g/mol. The zero-order valence-corrected chi connectivity index (χ0v) is 9.89. The summed E-state index contributed by atoms with van der Waals surface area (Å²) in [5.74, 6) is 0.828. The number of rotatable bonds is 7. The highest BCUT2D eigenvalue weighted by atomic mass is 16.1. The Morgan fingerprint density at radius 3 is 2.29 bits per heavy atom. The van der Waals surface area contributed by atoms with E-state index in [-0.39, 0.29) is 5.91 Å². The number of nitrogens with one attached hydrogen (secondary N) is 2. The summed E-state index contributed by atoms with van der Waals surface area (Å²) in [4.78, 5) is 11.0. The van der Waals surface area contributed by atoms with Crippen LogP contribution in [0.4, 0.5) is 0 Å². The normalized spacial score (nSPS) is 12.9. The fourth-order valence-corrected chi connectivity index (χ4v) is 1.70. The standard InChI is InChI=1S/C11H24N2O/c1-5-10(6-2)9(3)13-8-7-11(14)12-4/h9-10,13H,5-8H2,1-4H3,(H,12,14). The van der Waals surface area contributed by atoms with Crippen molar-refractivity contribution in [3.63, 3.8) is 0 Å². The molecule has 2 N–H and O–H groups in total. The van der Waals surface area contributed by atoms with E-state index in [2.05, 4.69) is 31.4 Å². The molecule has 1 atom stereocenters. The van der Waals surface area contributed by atoms with E-state index in [1.54, 1.807) is 7.05 Å². The van der Waals surface area contributed by atoms with Gasteiger partial charge in [-0.1, -0.05) is 26.7 Å². The molecule has 84 valence electrons. The summed E-state index contributed by atoms with van der Waals surface area (Å²) >= 11 is 0. The maximum absolute atomic E-state index is 11.0. The number of carbonyl (C=O) groups excluding carboxylic acids is 1. The molecular formula is C11H24N2O. The van der Waals surface area contributed by atoms with Crippen molar-refractivity contribution in [2.75, 3.05) is 13.6 Å². The highest BCUT2D eigenvalue weighted by Crippen LogP contribution is 2.12. The van der Waals surface area contributed by atoms with Gasteiger partial charge in [0.15, 0.2) is 0 Å². The summed E-state index contributed by atoms with van der Waals surface area (Å²) in [6.07, 6.45) is 2.97. The second-order valence-electron chi connectivity index (χ2n) is 3.74. The molecule has 0 aromatic heterocycles. The van der Waals surface area contributed by atoms with Gasteiger partial charge in [0.1, 0.15) is 0 Å². The fraction of sp³-hybridized carbons (Fsp3) is 0.909. The lowest BCUT2D eigenvalue weighted by atomic mass is 9.95. The third kappa shape index (κ3) is 5.22. The minimum absolute atomic E-state index is 0.106. The van der Waals surface area contributed by atoms with Crippen molar-refractivity contribution in [1.82, 2.24) is 10.6 Å². The van der Waals surface area contributed by atoms with Crippen LogP contribution < -0.4 is 10.6 Å². The molecule has 3 heteroatoms. The molecule has 0 heterocycles. The molecule has 0 saturated carbocycles. The van der Waals surface area contributed by atoms with Crippen LogP contribution in [0.25, 0.3) is 0 Å². The van der Waals surface area contributed by atoms with Gasteiger partial charge in [0.2, 0.25) is 5.91 Å². The van der Waals surface area contributed by atoms with E-state index in [0.29, 0.717) is 12.5 Å². The molecule has 0 aromatic rings. The summed E-state index contributed by atoms with van der Waals surface area (Å²) in [6, 6.07) is 0.509. The van der Waals surface area contributed by atoms with Crippen molar-refractivity contribution in [2.45, 2.75) is 46.1 Å². The highest BCUT2D eigenvalue weighted by molar-refractivity contribution is 5.75. The van der Waals surface area contributed by atoms with Gasteiger partial charge >= 0.3 is 0 Å². The van der Waals surface area contributed by atoms with Crippen molar-refractivity contribution in [3.8, 4) is 0 Å². The van der Waals surface area contributed by atoms with Crippen LogP contribution in [-0.2, 0) is 4.79 Å². The summed E-state index contributed by atoms with van der Waals surface area (Å²) in [6.45, 7) is 7.40. The van der Waals surface area contributed by atoms with Crippen LogP contribution >= 0.6 is 0 Å². The van der Waals surface area contributed by atoms with E-state index in [4.69, 9.17) is 0 Å². The first kappa shape index (κ1) is 13.4. The Hall–Kier alpha value is -0.570. The van der Waals surface area contributed by atoms with Crippen LogP contribution in [0.1, 0.15) is 40.0 Å². The molecule has 0 radical (unpaired) electrons. The minimum atomic E-state index is 0.106. The minimum Gasteiger partial charge on any atom is -0.359 e. The van der Waals surface area contributed by atoms with Gasteiger partial charge in [0.05, 0.1) is 0 Å². The number of carbonyl (C=O) groups is 1. The molecule has 0 rings (SSSR count). The van der Waals surface area contributed by atoms with Gasteiger partial charge in [0.25, 0.3) is 0 Å². The molecule has 0 aliphatic carbocycles. The van der Waals surface area contributed by atoms with Gasteiger partial charge in [-0.05, 0) is 12.8 Å². The van der Waals surface area contributed by atoms with Gasteiger partial charge in [-0.25, -0.2) is 0 Å². The molecule has 0 bridgehead atoms. The Labute approximate surface area is 87.6 Å². The van der Waals surface area contributed by atoms with E-state index in [9.17, 15) is 4.79 Å². The Morgan fingerprint density at radius 2 is 1.86 bits per heavy atom. The summed E-state index contributed by atoms with van der Waals surface area (Å²) in [7, 11) is 1.67.